The van der Waals surface area contributed by atoms with Gasteiger partial charge in [-0.1, -0.05) is 41.4 Å². The van der Waals surface area contributed by atoms with Crippen molar-refractivity contribution in [2.24, 2.45) is 5.92 Å². The van der Waals surface area contributed by atoms with Gasteiger partial charge in [-0.25, -0.2) is 4.39 Å². The first kappa shape index (κ1) is 19.4. The van der Waals surface area contributed by atoms with Crippen molar-refractivity contribution in [2.75, 3.05) is 18.4 Å². The fourth-order valence-corrected chi connectivity index (χ4v) is 3.38. The van der Waals surface area contributed by atoms with Gasteiger partial charge >= 0.3 is 0 Å². The van der Waals surface area contributed by atoms with E-state index in [1.807, 2.05) is 36.1 Å². The fourth-order valence-electron chi connectivity index (χ4n) is 3.20. The van der Waals surface area contributed by atoms with Crippen molar-refractivity contribution in [3.8, 4) is 0 Å². The summed E-state index contributed by atoms with van der Waals surface area (Å²) in [6, 6.07) is 12.1. The number of nitrogens with zero attached hydrogens (tertiary/aromatic N) is 1. The van der Waals surface area contributed by atoms with E-state index in [9.17, 15) is 14.0 Å². The van der Waals surface area contributed by atoms with Gasteiger partial charge in [-0.2, -0.15) is 0 Å². The molecule has 1 fully saturated rings. The van der Waals surface area contributed by atoms with Crippen LogP contribution >= 0.6 is 11.6 Å². The fraction of sp³-hybridized carbons (Fsp3) is 0.333. The maximum Gasteiger partial charge on any atom is 0.227 e. The van der Waals surface area contributed by atoms with Crippen LogP contribution in [-0.2, 0) is 16.0 Å². The Labute approximate surface area is 163 Å². The molecule has 3 rings (SSSR count). The van der Waals surface area contributed by atoms with Crippen molar-refractivity contribution < 1.29 is 14.0 Å². The number of piperidine rings is 1. The number of aryl methyl sites for hydroxylation is 1. The van der Waals surface area contributed by atoms with E-state index in [0.717, 1.165) is 5.56 Å². The van der Waals surface area contributed by atoms with Crippen molar-refractivity contribution in [2.45, 2.75) is 26.2 Å². The van der Waals surface area contributed by atoms with Crippen LogP contribution in [0.2, 0.25) is 5.02 Å². The van der Waals surface area contributed by atoms with Gasteiger partial charge in [0, 0.05) is 24.7 Å². The highest BCUT2D eigenvalue weighted by molar-refractivity contribution is 6.31. The summed E-state index contributed by atoms with van der Waals surface area (Å²) < 4.78 is 13.2. The molecule has 1 heterocycles. The molecule has 0 unspecified atom stereocenters. The number of carbonyl (C=O) groups excluding carboxylic acids is 2. The zero-order chi connectivity index (χ0) is 19.4. The number of amides is 2. The van der Waals surface area contributed by atoms with Crippen LogP contribution in [-0.4, -0.2) is 29.8 Å². The third-order valence-electron chi connectivity index (χ3n) is 4.88. The van der Waals surface area contributed by atoms with Crippen LogP contribution in [0.3, 0.4) is 0 Å². The van der Waals surface area contributed by atoms with Crippen LogP contribution in [0.5, 0.6) is 0 Å². The van der Waals surface area contributed by atoms with Gasteiger partial charge in [0.05, 0.1) is 11.4 Å². The largest absolute Gasteiger partial charge is 0.342 e. The van der Waals surface area contributed by atoms with E-state index in [4.69, 9.17) is 11.6 Å². The molecule has 0 radical (unpaired) electrons. The van der Waals surface area contributed by atoms with Crippen LogP contribution < -0.4 is 5.32 Å². The highest BCUT2D eigenvalue weighted by atomic mass is 35.5. The first-order valence-corrected chi connectivity index (χ1v) is 9.39. The van der Waals surface area contributed by atoms with Gasteiger partial charge in [0.1, 0.15) is 5.82 Å². The first-order valence-electron chi connectivity index (χ1n) is 9.01. The lowest BCUT2D eigenvalue weighted by molar-refractivity contribution is -0.133. The van der Waals surface area contributed by atoms with Crippen molar-refractivity contribution in [3.05, 3.63) is 64.4 Å². The molecule has 0 aromatic heterocycles. The molecule has 1 N–H and O–H groups in total. The third kappa shape index (κ3) is 5.07. The topological polar surface area (TPSA) is 49.4 Å². The number of likely N-dealkylation sites (tertiary alicyclic amines) is 1. The second-order valence-electron chi connectivity index (χ2n) is 6.94. The lowest BCUT2D eigenvalue weighted by Gasteiger charge is -2.31. The zero-order valence-electron chi connectivity index (χ0n) is 15.2. The molecular weight excluding hydrogens is 367 g/mol. The maximum atomic E-state index is 13.2. The predicted octanol–water partition coefficient (Wildman–Crippen LogP) is 4.21. The summed E-state index contributed by atoms with van der Waals surface area (Å²) in [6.45, 7) is 3.14. The molecule has 27 heavy (non-hydrogen) atoms. The van der Waals surface area contributed by atoms with Gasteiger partial charge in [-0.05, 0) is 43.5 Å². The summed E-state index contributed by atoms with van der Waals surface area (Å²) in [7, 11) is 0. The Kier molecular flexibility index (Phi) is 6.11. The Bertz CT molecular complexity index is 831. The summed E-state index contributed by atoms with van der Waals surface area (Å²) >= 11 is 5.74. The number of anilines is 1. The van der Waals surface area contributed by atoms with Crippen LogP contribution in [0.15, 0.2) is 42.5 Å². The van der Waals surface area contributed by atoms with E-state index in [2.05, 4.69) is 5.32 Å². The van der Waals surface area contributed by atoms with E-state index in [1.165, 1.54) is 23.8 Å². The Morgan fingerprint density at radius 1 is 1.15 bits per heavy atom. The predicted molar refractivity (Wildman–Crippen MR) is 104 cm³/mol. The number of benzene rings is 2. The average molecular weight is 389 g/mol. The lowest BCUT2D eigenvalue weighted by Crippen LogP contribution is -2.42. The smallest absolute Gasteiger partial charge is 0.227 e. The molecule has 0 atom stereocenters. The van der Waals surface area contributed by atoms with Crippen LogP contribution in [0.4, 0.5) is 10.1 Å². The van der Waals surface area contributed by atoms with Gasteiger partial charge in [0.15, 0.2) is 0 Å². The summed E-state index contributed by atoms with van der Waals surface area (Å²) in [5.41, 5.74) is 2.64. The lowest BCUT2D eigenvalue weighted by atomic mass is 9.95. The molecule has 0 aliphatic carbocycles. The second-order valence-corrected chi connectivity index (χ2v) is 7.34. The Balaban J connectivity index is 1.50. The van der Waals surface area contributed by atoms with E-state index < -0.39 is 5.82 Å². The molecule has 142 valence electrons. The minimum atomic E-state index is -0.518. The monoisotopic (exact) mass is 388 g/mol. The molecule has 1 aliphatic heterocycles. The first-order chi connectivity index (χ1) is 12.9. The number of halogens is 2. The Hall–Kier alpha value is -2.40. The Morgan fingerprint density at radius 3 is 2.44 bits per heavy atom. The molecule has 0 spiro atoms. The molecular formula is C21H22ClFN2O2. The number of nitrogens with one attached hydrogen (secondary N) is 1. The van der Waals surface area contributed by atoms with Gasteiger partial charge < -0.3 is 10.2 Å². The van der Waals surface area contributed by atoms with E-state index in [-0.39, 0.29) is 22.8 Å². The summed E-state index contributed by atoms with van der Waals surface area (Å²) in [4.78, 5) is 26.7. The standard InChI is InChI=1S/C21H22ClFN2O2/c1-14-2-4-15(5-3-14)12-20(26)25-10-8-16(9-11-25)21(27)24-17-6-7-19(23)18(22)13-17/h2-7,13,16H,8-12H2,1H3,(H,24,27). The molecule has 0 saturated carbocycles. The van der Waals surface area contributed by atoms with Gasteiger partial charge in [-0.15, -0.1) is 0 Å². The number of hydrogen-bond donors (Lipinski definition) is 1. The molecule has 2 aromatic rings. The van der Waals surface area contributed by atoms with Crippen molar-refractivity contribution in [1.29, 1.82) is 0 Å². The summed E-state index contributed by atoms with van der Waals surface area (Å²) in [5.74, 6) is -0.723. The van der Waals surface area contributed by atoms with E-state index in [1.54, 1.807) is 0 Å². The van der Waals surface area contributed by atoms with Crippen LogP contribution in [0.25, 0.3) is 0 Å². The molecule has 1 saturated heterocycles. The van der Waals surface area contributed by atoms with Gasteiger partial charge in [-0.3, -0.25) is 9.59 Å². The SMILES string of the molecule is Cc1ccc(CC(=O)N2CCC(C(=O)Nc3ccc(F)c(Cl)c3)CC2)cc1. The summed E-state index contributed by atoms with van der Waals surface area (Å²) in [6.07, 6.45) is 1.60. The van der Waals surface area contributed by atoms with Crippen LogP contribution in [0.1, 0.15) is 24.0 Å². The quantitative estimate of drug-likeness (QED) is 0.853. The summed E-state index contributed by atoms with van der Waals surface area (Å²) in [5, 5.41) is 2.75. The molecule has 2 amide bonds. The van der Waals surface area contributed by atoms with Crippen molar-refractivity contribution in [1.82, 2.24) is 4.90 Å². The molecule has 0 bridgehead atoms. The minimum Gasteiger partial charge on any atom is -0.342 e. The van der Waals surface area contributed by atoms with Crippen LogP contribution in [0, 0.1) is 18.7 Å². The number of rotatable bonds is 4. The number of hydrogen-bond acceptors (Lipinski definition) is 2. The zero-order valence-corrected chi connectivity index (χ0v) is 15.9. The molecule has 4 nitrogen and oxygen atoms in total. The third-order valence-corrected chi connectivity index (χ3v) is 5.17. The maximum absolute atomic E-state index is 13.2. The Morgan fingerprint density at radius 2 is 1.81 bits per heavy atom. The van der Waals surface area contributed by atoms with Crippen molar-refractivity contribution in [3.63, 3.8) is 0 Å². The average Bonchev–Trinajstić information content (AvgIpc) is 2.66. The molecule has 2 aromatic carbocycles. The van der Waals surface area contributed by atoms with Gasteiger partial charge in [0.2, 0.25) is 11.8 Å². The molecule has 6 heteroatoms. The highest BCUT2D eigenvalue weighted by Crippen LogP contribution is 2.23. The van der Waals surface area contributed by atoms with Crippen molar-refractivity contribution >= 4 is 29.1 Å². The van der Waals surface area contributed by atoms with Gasteiger partial charge in [0.25, 0.3) is 0 Å². The normalized spacial score (nSPS) is 14.9. The number of carbonyl (C=O) groups is 2. The second kappa shape index (κ2) is 8.53. The van der Waals surface area contributed by atoms with E-state index in [0.29, 0.717) is 38.0 Å². The minimum absolute atomic E-state index is 0.0238. The van der Waals surface area contributed by atoms with E-state index >= 15 is 0 Å². The highest BCUT2D eigenvalue weighted by Gasteiger charge is 2.27. The molecule has 1 aliphatic rings.